The van der Waals surface area contributed by atoms with Crippen molar-refractivity contribution in [3.8, 4) is 0 Å². The van der Waals surface area contributed by atoms with Gasteiger partial charge in [0, 0.05) is 12.6 Å². The number of amides is 1. The molecule has 1 atom stereocenters. The molecule has 0 heterocycles. The molecule has 1 unspecified atom stereocenters. The molecular weight excluding hydrogens is 208 g/mol. The second-order valence-corrected chi connectivity index (χ2v) is 4.54. The summed E-state index contributed by atoms with van der Waals surface area (Å²) in [7, 11) is 0. The summed E-state index contributed by atoms with van der Waals surface area (Å²) >= 11 is 0. The van der Waals surface area contributed by atoms with Crippen LogP contribution in [0.5, 0.6) is 0 Å². The van der Waals surface area contributed by atoms with Crippen molar-refractivity contribution in [1.29, 1.82) is 0 Å². The van der Waals surface area contributed by atoms with E-state index in [2.05, 4.69) is 5.32 Å². The summed E-state index contributed by atoms with van der Waals surface area (Å²) in [6.45, 7) is 2.32. The predicted molar refractivity (Wildman–Crippen MR) is 59.8 cm³/mol. The van der Waals surface area contributed by atoms with Crippen LogP contribution in [0.15, 0.2) is 0 Å². The molecule has 0 aromatic heterocycles. The third kappa shape index (κ3) is 3.20. The lowest BCUT2D eigenvalue weighted by atomic mass is 10.0. The average molecular weight is 228 g/mol. The first-order valence-corrected chi connectivity index (χ1v) is 5.77. The summed E-state index contributed by atoms with van der Waals surface area (Å²) in [4.78, 5) is 22.5. The summed E-state index contributed by atoms with van der Waals surface area (Å²) in [6.07, 6.45) is 3.18. The molecule has 0 spiro atoms. The molecule has 0 saturated heterocycles. The standard InChI is InChI=1S/C11H20N2O3/c1-2-3-8(6-9(14)15)13-10(16)11(7-12)4-5-11/h8H,2-7,12H2,1H3,(H,13,16)(H,14,15). The molecule has 4 N–H and O–H groups in total. The van der Waals surface area contributed by atoms with Crippen LogP contribution in [0, 0.1) is 5.41 Å². The van der Waals surface area contributed by atoms with E-state index < -0.39 is 11.4 Å². The van der Waals surface area contributed by atoms with E-state index in [0.29, 0.717) is 13.0 Å². The number of nitrogens with two attached hydrogens (primary N) is 1. The number of carboxylic acid groups (broad SMARTS) is 1. The van der Waals surface area contributed by atoms with Crippen LogP contribution in [-0.4, -0.2) is 29.6 Å². The quantitative estimate of drug-likeness (QED) is 0.591. The average Bonchev–Trinajstić information content (AvgIpc) is 2.97. The first kappa shape index (κ1) is 13.0. The normalized spacial score (nSPS) is 18.9. The van der Waals surface area contributed by atoms with Gasteiger partial charge in [0.1, 0.15) is 0 Å². The van der Waals surface area contributed by atoms with Crippen molar-refractivity contribution < 1.29 is 14.7 Å². The molecule has 1 rings (SSSR count). The molecule has 0 aliphatic heterocycles. The molecule has 1 aliphatic carbocycles. The lowest BCUT2D eigenvalue weighted by Crippen LogP contribution is -2.43. The molecule has 0 aromatic rings. The predicted octanol–water partition coefficient (Wildman–Crippen LogP) is 0.485. The molecule has 0 radical (unpaired) electrons. The highest BCUT2D eigenvalue weighted by Crippen LogP contribution is 2.44. The van der Waals surface area contributed by atoms with E-state index in [4.69, 9.17) is 10.8 Å². The van der Waals surface area contributed by atoms with Gasteiger partial charge in [0.15, 0.2) is 0 Å². The van der Waals surface area contributed by atoms with Crippen LogP contribution in [-0.2, 0) is 9.59 Å². The van der Waals surface area contributed by atoms with Gasteiger partial charge in [-0.2, -0.15) is 0 Å². The maximum absolute atomic E-state index is 11.8. The van der Waals surface area contributed by atoms with Gasteiger partial charge in [0.2, 0.25) is 5.91 Å². The van der Waals surface area contributed by atoms with Crippen LogP contribution in [0.3, 0.4) is 0 Å². The van der Waals surface area contributed by atoms with Gasteiger partial charge < -0.3 is 16.2 Å². The molecule has 0 aromatic carbocycles. The fourth-order valence-corrected chi connectivity index (χ4v) is 1.80. The first-order chi connectivity index (χ1) is 7.54. The highest BCUT2D eigenvalue weighted by molar-refractivity contribution is 5.86. The molecule has 5 nitrogen and oxygen atoms in total. The lowest BCUT2D eigenvalue weighted by Gasteiger charge is -2.20. The van der Waals surface area contributed by atoms with E-state index in [1.165, 1.54) is 0 Å². The molecule has 16 heavy (non-hydrogen) atoms. The Kier molecular flexibility index (Phi) is 4.29. The minimum Gasteiger partial charge on any atom is -0.481 e. The first-order valence-electron chi connectivity index (χ1n) is 5.77. The zero-order chi connectivity index (χ0) is 12.2. The molecule has 1 amide bonds. The highest BCUT2D eigenvalue weighted by Gasteiger charge is 2.48. The Bertz CT molecular complexity index is 274. The van der Waals surface area contributed by atoms with Gasteiger partial charge in [-0.05, 0) is 19.3 Å². The van der Waals surface area contributed by atoms with Crippen molar-refractivity contribution in [2.75, 3.05) is 6.54 Å². The number of carboxylic acids is 1. The Labute approximate surface area is 95.4 Å². The number of rotatable bonds is 7. The van der Waals surface area contributed by atoms with E-state index >= 15 is 0 Å². The number of aliphatic carboxylic acids is 1. The third-order valence-electron chi connectivity index (χ3n) is 3.12. The van der Waals surface area contributed by atoms with Gasteiger partial charge >= 0.3 is 5.97 Å². The van der Waals surface area contributed by atoms with Gasteiger partial charge in [-0.15, -0.1) is 0 Å². The van der Waals surface area contributed by atoms with Crippen LogP contribution in [0.1, 0.15) is 39.0 Å². The zero-order valence-corrected chi connectivity index (χ0v) is 9.66. The van der Waals surface area contributed by atoms with E-state index in [9.17, 15) is 9.59 Å². The lowest BCUT2D eigenvalue weighted by molar-refractivity contribution is -0.138. The molecule has 0 bridgehead atoms. The largest absolute Gasteiger partial charge is 0.481 e. The molecule has 1 saturated carbocycles. The van der Waals surface area contributed by atoms with Crippen LogP contribution < -0.4 is 11.1 Å². The van der Waals surface area contributed by atoms with Crippen molar-refractivity contribution >= 4 is 11.9 Å². The van der Waals surface area contributed by atoms with Crippen molar-refractivity contribution in [2.24, 2.45) is 11.1 Å². The second-order valence-electron chi connectivity index (χ2n) is 4.54. The van der Waals surface area contributed by atoms with Crippen LogP contribution in [0.25, 0.3) is 0 Å². The van der Waals surface area contributed by atoms with E-state index in [-0.39, 0.29) is 18.4 Å². The zero-order valence-electron chi connectivity index (χ0n) is 9.66. The van der Waals surface area contributed by atoms with E-state index in [1.54, 1.807) is 0 Å². The van der Waals surface area contributed by atoms with Gasteiger partial charge in [-0.1, -0.05) is 13.3 Å². The Balaban J connectivity index is 2.47. The minimum absolute atomic E-state index is 0.0137. The van der Waals surface area contributed by atoms with Crippen molar-refractivity contribution in [1.82, 2.24) is 5.32 Å². The fourth-order valence-electron chi connectivity index (χ4n) is 1.80. The van der Waals surface area contributed by atoms with E-state index in [0.717, 1.165) is 19.3 Å². The molecule has 92 valence electrons. The van der Waals surface area contributed by atoms with E-state index in [1.807, 2.05) is 6.92 Å². The monoisotopic (exact) mass is 228 g/mol. The van der Waals surface area contributed by atoms with Crippen molar-refractivity contribution in [3.63, 3.8) is 0 Å². The van der Waals surface area contributed by atoms with Crippen molar-refractivity contribution in [3.05, 3.63) is 0 Å². The fraction of sp³-hybridized carbons (Fsp3) is 0.818. The number of carbonyl (C=O) groups is 2. The maximum atomic E-state index is 11.8. The smallest absolute Gasteiger partial charge is 0.305 e. The number of hydrogen-bond acceptors (Lipinski definition) is 3. The van der Waals surface area contributed by atoms with Crippen LogP contribution in [0.4, 0.5) is 0 Å². The third-order valence-corrected chi connectivity index (χ3v) is 3.12. The van der Waals surface area contributed by atoms with Gasteiger partial charge in [-0.3, -0.25) is 9.59 Å². The summed E-state index contributed by atoms with van der Waals surface area (Å²) in [5, 5.41) is 11.5. The van der Waals surface area contributed by atoms with Crippen molar-refractivity contribution in [2.45, 2.75) is 45.1 Å². The minimum atomic E-state index is -0.878. The number of nitrogens with one attached hydrogen (secondary N) is 1. The highest BCUT2D eigenvalue weighted by atomic mass is 16.4. The number of hydrogen-bond donors (Lipinski definition) is 3. The number of carbonyl (C=O) groups excluding carboxylic acids is 1. The molecular formula is C11H20N2O3. The molecule has 1 aliphatic rings. The Hall–Kier alpha value is -1.10. The molecule has 5 heteroatoms. The summed E-state index contributed by atoms with van der Waals surface area (Å²) in [5.41, 5.74) is 5.15. The summed E-state index contributed by atoms with van der Waals surface area (Å²) in [5.74, 6) is -0.953. The van der Waals surface area contributed by atoms with Crippen LogP contribution in [0.2, 0.25) is 0 Å². The van der Waals surface area contributed by atoms with Crippen LogP contribution >= 0.6 is 0 Å². The Morgan fingerprint density at radius 1 is 1.50 bits per heavy atom. The topological polar surface area (TPSA) is 92.4 Å². The summed E-state index contributed by atoms with van der Waals surface area (Å²) < 4.78 is 0. The van der Waals surface area contributed by atoms with Gasteiger partial charge in [-0.25, -0.2) is 0 Å². The molecule has 1 fully saturated rings. The second kappa shape index (κ2) is 5.30. The SMILES string of the molecule is CCCC(CC(=O)O)NC(=O)C1(CN)CC1. The maximum Gasteiger partial charge on any atom is 0.305 e. The van der Waals surface area contributed by atoms with Gasteiger partial charge in [0.05, 0.1) is 11.8 Å². The van der Waals surface area contributed by atoms with Gasteiger partial charge in [0.25, 0.3) is 0 Å². The summed E-state index contributed by atoms with van der Waals surface area (Å²) in [6, 6.07) is -0.265. The Morgan fingerprint density at radius 2 is 2.12 bits per heavy atom. The Morgan fingerprint density at radius 3 is 2.50 bits per heavy atom.